The molecule has 2 saturated heterocycles. The molecule has 2 heterocycles. The van der Waals surface area contributed by atoms with Crippen LogP contribution in [0.5, 0.6) is 5.75 Å². The van der Waals surface area contributed by atoms with Gasteiger partial charge in [-0.05, 0) is 43.9 Å². The zero-order valence-electron chi connectivity index (χ0n) is 15.0. The Bertz CT molecular complexity index is 868. The lowest BCUT2D eigenvalue weighted by atomic mass is 10.1. The molecule has 1 N–H and O–H groups in total. The quantitative estimate of drug-likeness (QED) is 0.792. The zero-order chi connectivity index (χ0) is 19.6. The van der Waals surface area contributed by atoms with Crippen LogP contribution in [0.25, 0.3) is 0 Å². The van der Waals surface area contributed by atoms with Crippen molar-refractivity contribution in [3.8, 4) is 11.8 Å². The molecule has 3 atom stereocenters. The Morgan fingerprint density at radius 2 is 2.19 bits per heavy atom. The van der Waals surface area contributed by atoms with Crippen LogP contribution in [0.3, 0.4) is 0 Å². The first-order chi connectivity index (χ1) is 12.8. The molecular formula is C18H22ClN3O4S. The van der Waals surface area contributed by atoms with Gasteiger partial charge in [-0.25, -0.2) is 8.42 Å². The molecule has 0 bridgehead atoms. The Morgan fingerprint density at radius 3 is 2.85 bits per heavy atom. The van der Waals surface area contributed by atoms with Crippen LogP contribution in [0.15, 0.2) is 23.1 Å². The highest BCUT2D eigenvalue weighted by molar-refractivity contribution is 7.90. The van der Waals surface area contributed by atoms with Crippen molar-refractivity contribution in [3.05, 3.63) is 23.2 Å². The number of rotatable bonds is 5. The summed E-state index contributed by atoms with van der Waals surface area (Å²) in [5.74, 6) is 0.391. The highest BCUT2D eigenvalue weighted by atomic mass is 35.5. The van der Waals surface area contributed by atoms with Crippen molar-refractivity contribution in [3.63, 3.8) is 0 Å². The largest absolute Gasteiger partial charge is 0.490 e. The standard InChI is InChI=1S/C18H22ClN3O4S/c1-27(24,25)14-5-7-17(15(19)9-14)26-11-12-4-6-16(21-12)18(23)22-8-2-3-13(22)10-20/h5,7,9,12-13,16,21H,2-4,6,8,11H2,1H3/t12-,13?,16+/m1/s1. The van der Waals surface area contributed by atoms with Gasteiger partial charge in [0.15, 0.2) is 9.84 Å². The molecule has 1 amide bonds. The molecular weight excluding hydrogens is 390 g/mol. The fraction of sp³-hybridized carbons (Fsp3) is 0.556. The number of nitrogens with one attached hydrogen (secondary N) is 1. The predicted octanol–water partition coefficient (Wildman–Crippen LogP) is 1.76. The van der Waals surface area contributed by atoms with Gasteiger partial charge in [-0.1, -0.05) is 11.6 Å². The van der Waals surface area contributed by atoms with Crippen molar-refractivity contribution >= 4 is 27.3 Å². The fourth-order valence-corrected chi connectivity index (χ4v) is 4.48. The van der Waals surface area contributed by atoms with Gasteiger partial charge >= 0.3 is 0 Å². The van der Waals surface area contributed by atoms with Gasteiger partial charge in [-0.3, -0.25) is 10.1 Å². The van der Waals surface area contributed by atoms with E-state index in [1.165, 1.54) is 18.2 Å². The summed E-state index contributed by atoms with van der Waals surface area (Å²) >= 11 is 6.12. The minimum atomic E-state index is -3.32. The summed E-state index contributed by atoms with van der Waals surface area (Å²) in [7, 11) is -3.32. The summed E-state index contributed by atoms with van der Waals surface area (Å²) in [6, 6.07) is 5.94. The molecule has 1 aromatic rings. The SMILES string of the molecule is CS(=O)(=O)c1ccc(OC[C@H]2CC[C@@H](C(=O)N3CCCC3C#N)N2)c(Cl)c1. The maximum absolute atomic E-state index is 12.6. The second-order valence-electron chi connectivity index (χ2n) is 6.99. The first-order valence-electron chi connectivity index (χ1n) is 8.88. The molecule has 3 rings (SSSR count). The summed E-state index contributed by atoms with van der Waals surface area (Å²) in [4.78, 5) is 14.4. The average Bonchev–Trinajstić information content (AvgIpc) is 3.28. The van der Waals surface area contributed by atoms with Crippen LogP contribution in [-0.4, -0.2) is 56.8 Å². The summed E-state index contributed by atoms with van der Waals surface area (Å²) in [5, 5.41) is 12.7. The van der Waals surface area contributed by atoms with E-state index in [1.807, 2.05) is 0 Å². The molecule has 2 aliphatic rings. The lowest BCUT2D eigenvalue weighted by Gasteiger charge is -2.24. The third-order valence-electron chi connectivity index (χ3n) is 5.00. The Labute approximate surface area is 164 Å². The zero-order valence-corrected chi connectivity index (χ0v) is 16.6. The monoisotopic (exact) mass is 411 g/mol. The Balaban J connectivity index is 1.55. The molecule has 0 saturated carbocycles. The van der Waals surface area contributed by atoms with Gasteiger partial charge in [0.05, 0.1) is 22.0 Å². The van der Waals surface area contributed by atoms with Crippen molar-refractivity contribution in [1.29, 1.82) is 5.26 Å². The van der Waals surface area contributed by atoms with Crippen LogP contribution in [0.2, 0.25) is 5.02 Å². The topological polar surface area (TPSA) is 99.5 Å². The number of carbonyl (C=O) groups excluding carboxylic acids is 1. The van der Waals surface area contributed by atoms with Crippen molar-refractivity contribution < 1.29 is 17.9 Å². The molecule has 146 valence electrons. The molecule has 0 aromatic heterocycles. The Hall–Kier alpha value is -1.82. The number of ether oxygens (including phenoxy) is 1. The molecule has 7 nitrogen and oxygen atoms in total. The first kappa shape index (κ1) is 19.9. The van der Waals surface area contributed by atoms with Crippen LogP contribution in [0.1, 0.15) is 25.7 Å². The van der Waals surface area contributed by atoms with Gasteiger partial charge in [0.1, 0.15) is 18.4 Å². The van der Waals surface area contributed by atoms with Gasteiger partial charge < -0.3 is 9.64 Å². The lowest BCUT2D eigenvalue weighted by Crippen LogP contribution is -2.47. The van der Waals surface area contributed by atoms with Crippen molar-refractivity contribution in [2.45, 2.75) is 48.7 Å². The van der Waals surface area contributed by atoms with E-state index in [4.69, 9.17) is 21.6 Å². The van der Waals surface area contributed by atoms with E-state index in [9.17, 15) is 13.2 Å². The normalized spacial score (nSPS) is 25.4. The van der Waals surface area contributed by atoms with Crippen LogP contribution in [-0.2, 0) is 14.6 Å². The summed E-state index contributed by atoms with van der Waals surface area (Å²) in [6.07, 6.45) is 4.20. The number of halogens is 1. The van der Waals surface area contributed by atoms with Crippen molar-refractivity contribution in [1.82, 2.24) is 10.2 Å². The average molecular weight is 412 g/mol. The molecule has 0 radical (unpaired) electrons. The molecule has 1 aromatic carbocycles. The number of nitriles is 1. The van der Waals surface area contributed by atoms with Gasteiger partial charge in [0, 0.05) is 18.8 Å². The first-order valence-corrected chi connectivity index (χ1v) is 11.1. The highest BCUT2D eigenvalue weighted by Gasteiger charge is 2.37. The van der Waals surface area contributed by atoms with Gasteiger partial charge in [-0.2, -0.15) is 5.26 Å². The fourth-order valence-electron chi connectivity index (χ4n) is 3.53. The summed E-state index contributed by atoms with van der Waals surface area (Å²) < 4.78 is 28.8. The van der Waals surface area contributed by atoms with Crippen molar-refractivity contribution in [2.24, 2.45) is 0 Å². The van der Waals surface area contributed by atoms with E-state index >= 15 is 0 Å². The Kier molecular flexibility index (Phi) is 5.94. The number of benzene rings is 1. The third-order valence-corrected chi connectivity index (χ3v) is 6.40. The van der Waals surface area contributed by atoms with Crippen LogP contribution in [0, 0.1) is 11.3 Å². The molecule has 9 heteroatoms. The van der Waals surface area contributed by atoms with E-state index < -0.39 is 9.84 Å². The van der Waals surface area contributed by atoms with Crippen LogP contribution >= 0.6 is 11.6 Å². The van der Waals surface area contributed by atoms with Gasteiger partial charge in [-0.15, -0.1) is 0 Å². The van der Waals surface area contributed by atoms with Crippen LogP contribution in [0.4, 0.5) is 0 Å². The summed E-state index contributed by atoms with van der Waals surface area (Å²) in [5.41, 5.74) is 0. The summed E-state index contributed by atoms with van der Waals surface area (Å²) in [6.45, 7) is 0.960. The smallest absolute Gasteiger partial charge is 0.240 e. The maximum atomic E-state index is 12.6. The molecule has 0 spiro atoms. The maximum Gasteiger partial charge on any atom is 0.240 e. The minimum Gasteiger partial charge on any atom is -0.490 e. The molecule has 0 aliphatic carbocycles. The highest BCUT2D eigenvalue weighted by Crippen LogP contribution is 2.28. The van der Waals surface area contributed by atoms with E-state index in [1.54, 1.807) is 4.90 Å². The number of likely N-dealkylation sites (tertiary alicyclic amines) is 1. The van der Waals surface area contributed by atoms with E-state index in [2.05, 4.69) is 11.4 Å². The molecule has 2 aliphatic heterocycles. The van der Waals surface area contributed by atoms with Gasteiger partial charge in [0.25, 0.3) is 0 Å². The van der Waals surface area contributed by atoms with Crippen LogP contribution < -0.4 is 10.1 Å². The second-order valence-corrected chi connectivity index (χ2v) is 9.41. The molecule has 1 unspecified atom stereocenters. The number of nitrogens with zero attached hydrogens (tertiary/aromatic N) is 2. The number of carbonyl (C=O) groups is 1. The van der Waals surface area contributed by atoms with E-state index in [0.29, 0.717) is 25.3 Å². The van der Waals surface area contributed by atoms with Crippen molar-refractivity contribution in [2.75, 3.05) is 19.4 Å². The number of hydrogen-bond acceptors (Lipinski definition) is 6. The van der Waals surface area contributed by atoms with E-state index in [-0.39, 0.29) is 34.0 Å². The number of sulfone groups is 1. The molecule has 27 heavy (non-hydrogen) atoms. The third kappa shape index (κ3) is 4.54. The number of hydrogen-bond donors (Lipinski definition) is 1. The van der Waals surface area contributed by atoms with E-state index in [0.717, 1.165) is 25.5 Å². The predicted molar refractivity (Wildman–Crippen MR) is 100 cm³/mol. The minimum absolute atomic E-state index is 0.00672. The number of amides is 1. The second kappa shape index (κ2) is 8.05. The molecule has 2 fully saturated rings. The Morgan fingerprint density at radius 1 is 1.41 bits per heavy atom. The van der Waals surface area contributed by atoms with Gasteiger partial charge in [0.2, 0.25) is 5.91 Å². The lowest BCUT2D eigenvalue weighted by molar-refractivity contribution is -0.133.